The van der Waals surface area contributed by atoms with Crippen LogP contribution in [0.5, 0.6) is 0 Å². The molecule has 1 aliphatic heterocycles. The number of aromatic nitrogens is 2. The van der Waals surface area contributed by atoms with Gasteiger partial charge in [0.05, 0.1) is 11.1 Å². The Bertz CT molecular complexity index is 1360. The summed E-state index contributed by atoms with van der Waals surface area (Å²) in [7, 11) is 0. The quantitative estimate of drug-likeness (QED) is 0.364. The van der Waals surface area contributed by atoms with Crippen LogP contribution in [0.2, 0.25) is 0 Å². The van der Waals surface area contributed by atoms with Crippen molar-refractivity contribution in [3.63, 3.8) is 0 Å². The highest BCUT2D eigenvalue weighted by Gasteiger charge is 2.69. The monoisotopic (exact) mass is 588 g/mol. The Kier molecular flexibility index (Phi) is 6.59. The van der Waals surface area contributed by atoms with Crippen LogP contribution < -0.4 is 10.2 Å². The number of carbonyl (C=O) groups is 1. The summed E-state index contributed by atoms with van der Waals surface area (Å²) >= 11 is 0. The van der Waals surface area contributed by atoms with Crippen molar-refractivity contribution in [2.75, 3.05) is 31.1 Å². The molecule has 4 fully saturated rings. The van der Waals surface area contributed by atoms with E-state index in [1.54, 1.807) is 0 Å². The summed E-state index contributed by atoms with van der Waals surface area (Å²) in [5.41, 5.74) is 3.93. The molecule has 9 atom stereocenters. The van der Waals surface area contributed by atoms with E-state index in [0.717, 1.165) is 70.5 Å². The van der Waals surface area contributed by atoms with Gasteiger partial charge in [-0.05, 0) is 104 Å². The lowest BCUT2D eigenvalue weighted by atomic mass is 9.33. The van der Waals surface area contributed by atoms with E-state index in [0.29, 0.717) is 23.7 Å². The molecule has 6 aliphatic rings. The van der Waals surface area contributed by atoms with Gasteiger partial charge in [-0.1, -0.05) is 60.1 Å². The fraction of sp³-hybridized carbons (Fsp3) is 0.811. The van der Waals surface area contributed by atoms with Crippen LogP contribution in [0.15, 0.2) is 11.6 Å². The molecule has 1 saturated heterocycles. The normalized spacial score (nSPS) is 45.1. The fourth-order valence-electron chi connectivity index (χ4n) is 12.6. The second-order valence-corrected chi connectivity index (χ2v) is 17.2. The van der Waals surface area contributed by atoms with Gasteiger partial charge in [0.2, 0.25) is 0 Å². The number of rotatable bonds is 2. The zero-order chi connectivity index (χ0) is 30.7. The molecule has 0 radical (unpaired) electrons. The molecule has 0 amide bonds. The smallest absolute Gasteiger partial charge is 0.310 e. The van der Waals surface area contributed by atoms with Crippen molar-refractivity contribution < 1.29 is 9.90 Å². The first-order valence-corrected chi connectivity index (χ1v) is 17.5. The van der Waals surface area contributed by atoms with Crippen molar-refractivity contribution in [3.8, 4) is 0 Å². The van der Waals surface area contributed by atoms with Gasteiger partial charge in [-0.2, -0.15) is 0 Å². The lowest BCUT2D eigenvalue weighted by molar-refractivity contribution is -0.179. The molecule has 236 valence electrons. The van der Waals surface area contributed by atoms with Gasteiger partial charge >= 0.3 is 5.97 Å². The molecule has 6 nitrogen and oxygen atoms in total. The fourth-order valence-corrected chi connectivity index (χ4v) is 12.6. The van der Waals surface area contributed by atoms with Crippen LogP contribution in [-0.2, 0) is 16.6 Å². The minimum Gasteiger partial charge on any atom is -0.481 e. The number of hydrogen-bond acceptors (Lipinski definition) is 5. The first-order chi connectivity index (χ1) is 20.2. The first-order valence-electron chi connectivity index (χ1n) is 17.5. The van der Waals surface area contributed by atoms with Gasteiger partial charge in [0.15, 0.2) is 0 Å². The van der Waals surface area contributed by atoms with E-state index in [1.807, 2.05) is 0 Å². The number of anilines is 1. The van der Waals surface area contributed by atoms with Crippen LogP contribution in [0.1, 0.15) is 110 Å². The summed E-state index contributed by atoms with van der Waals surface area (Å²) in [5.74, 6) is 3.81. The average Bonchev–Trinajstić information content (AvgIpc) is 2.95. The molecule has 0 aromatic carbocycles. The molecule has 1 aromatic heterocycles. The topological polar surface area (TPSA) is 78.4 Å². The summed E-state index contributed by atoms with van der Waals surface area (Å²) in [4.78, 5) is 25.9. The second kappa shape index (κ2) is 9.53. The Labute approximate surface area is 259 Å². The van der Waals surface area contributed by atoms with Gasteiger partial charge in [0.25, 0.3) is 0 Å². The molecule has 7 rings (SSSR count). The molecule has 43 heavy (non-hydrogen) atoms. The molecular weight excluding hydrogens is 532 g/mol. The average molecular weight is 589 g/mol. The van der Waals surface area contributed by atoms with Gasteiger partial charge in [-0.25, -0.2) is 9.97 Å². The lowest BCUT2D eigenvalue weighted by Crippen LogP contribution is -2.65. The van der Waals surface area contributed by atoms with E-state index in [-0.39, 0.29) is 27.6 Å². The number of carboxylic acid groups (broad SMARTS) is 1. The van der Waals surface area contributed by atoms with E-state index in [2.05, 4.69) is 71.7 Å². The molecule has 0 spiro atoms. The molecule has 2 N–H and O–H groups in total. The second-order valence-electron chi connectivity index (χ2n) is 17.2. The lowest BCUT2D eigenvalue weighted by Gasteiger charge is -2.70. The predicted molar refractivity (Wildman–Crippen MR) is 172 cm³/mol. The third kappa shape index (κ3) is 3.77. The van der Waals surface area contributed by atoms with Crippen LogP contribution in [0.25, 0.3) is 0 Å². The van der Waals surface area contributed by atoms with Crippen molar-refractivity contribution in [1.29, 1.82) is 0 Å². The van der Waals surface area contributed by atoms with Crippen molar-refractivity contribution in [2.45, 2.75) is 112 Å². The van der Waals surface area contributed by atoms with Crippen molar-refractivity contribution in [3.05, 3.63) is 28.7 Å². The minimum atomic E-state index is -0.583. The number of fused-ring (bicyclic) bond motifs is 8. The number of nitrogens with zero attached hydrogens (tertiary/aromatic N) is 3. The van der Waals surface area contributed by atoms with E-state index in [9.17, 15) is 9.90 Å². The van der Waals surface area contributed by atoms with E-state index in [4.69, 9.17) is 9.97 Å². The number of hydrogen-bond donors (Lipinski definition) is 2. The Hall–Kier alpha value is -1.95. The first kappa shape index (κ1) is 29.7. The van der Waals surface area contributed by atoms with Crippen LogP contribution >= 0.6 is 0 Å². The van der Waals surface area contributed by atoms with Gasteiger partial charge in [-0.3, -0.25) is 4.79 Å². The number of piperazine rings is 1. The van der Waals surface area contributed by atoms with Gasteiger partial charge < -0.3 is 15.3 Å². The van der Waals surface area contributed by atoms with Crippen LogP contribution in [0.4, 0.5) is 5.82 Å². The highest BCUT2D eigenvalue weighted by Crippen LogP contribution is 2.75. The zero-order valence-corrected chi connectivity index (χ0v) is 28.1. The largest absolute Gasteiger partial charge is 0.481 e. The molecule has 0 bridgehead atoms. The Morgan fingerprint density at radius 3 is 2.40 bits per heavy atom. The Morgan fingerprint density at radius 1 is 0.977 bits per heavy atom. The van der Waals surface area contributed by atoms with Gasteiger partial charge in [-0.15, -0.1) is 0 Å². The summed E-state index contributed by atoms with van der Waals surface area (Å²) in [6.07, 6.45) is 10.9. The predicted octanol–water partition coefficient (Wildman–Crippen LogP) is 6.95. The van der Waals surface area contributed by atoms with Crippen molar-refractivity contribution in [1.82, 2.24) is 15.3 Å². The molecule has 0 unspecified atom stereocenters. The number of carboxylic acids is 1. The van der Waals surface area contributed by atoms with Gasteiger partial charge in [0, 0.05) is 37.2 Å². The Balaban J connectivity index is 1.35. The molecule has 6 heteroatoms. The highest BCUT2D eigenvalue weighted by atomic mass is 16.4. The maximum atomic E-state index is 13.1. The number of allylic oxidation sites excluding steroid dienone is 2. The number of nitrogens with one attached hydrogen (secondary N) is 1. The standard InChI is InChI=1S/C37H56N4O2/c1-22-11-14-37(32(42)43)16-15-35(7)26(29(37)23(22)2)9-10-28-34(6)21-25-30(33(4,5)27(34)12-13-36(28,35)8)39-24(3)40-31(25)41-19-17-38-18-20-41/h9,22-23,27-29,38H,10-21H2,1-8H3,(H,42,43)/t22-,23+,27+,28-,29+,34+,35-,36-,37+/m1/s1. The summed E-state index contributed by atoms with van der Waals surface area (Å²) < 4.78 is 0. The van der Waals surface area contributed by atoms with Crippen LogP contribution in [-0.4, -0.2) is 47.2 Å². The van der Waals surface area contributed by atoms with Crippen LogP contribution in [0, 0.1) is 58.2 Å². The zero-order valence-electron chi connectivity index (χ0n) is 28.1. The van der Waals surface area contributed by atoms with E-state index < -0.39 is 11.4 Å². The van der Waals surface area contributed by atoms with E-state index in [1.165, 1.54) is 35.5 Å². The molecule has 5 aliphatic carbocycles. The summed E-state index contributed by atoms with van der Waals surface area (Å²) in [6.45, 7) is 23.6. The van der Waals surface area contributed by atoms with E-state index >= 15 is 0 Å². The molecule has 2 heterocycles. The van der Waals surface area contributed by atoms with Crippen molar-refractivity contribution in [2.24, 2.45) is 51.2 Å². The molecule has 1 aromatic rings. The third-order valence-corrected chi connectivity index (χ3v) is 15.2. The number of aryl methyl sites for hydroxylation is 1. The van der Waals surface area contributed by atoms with Crippen LogP contribution in [0.3, 0.4) is 0 Å². The Morgan fingerprint density at radius 2 is 1.70 bits per heavy atom. The highest BCUT2D eigenvalue weighted by molar-refractivity contribution is 5.76. The number of aliphatic carboxylic acids is 1. The molecule has 3 saturated carbocycles. The maximum Gasteiger partial charge on any atom is 0.310 e. The van der Waals surface area contributed by atoms with Gasteiger partial charge in [0.1, 0.15) is 11.6 Å². The van der Waals surface area contributed by atoms with Crippen molar-refractivity contribution >= 4 is 11.8 Å². The minimum absolute atomic E-state index is 0.0244. The third-order valence-electron chi connectivity index (χ3n) is 15.2. The molecular formula is C37H56N4O2. The summed E-state index contributed by atoms with van der Waals surface area (Å²) in [5, 5.41) is 14.3. The summed E-state index contributed by atoms with van der Waals surface area (Å²) in [6, 6.07) is 0. The SMILES string of the molecule is Cc1nc(N2CCNCC2)c2c(n1)C(C)(C)[C@@H]1CC[C@]3(C)[C@H](CC=C4[C@@H]5[C@@H](C)[C@H](C)CC[C@]5(C(=O)O)CC[C@]43C)[C@@]1(C)C2. The maximum absolute atomic E-state index is 13.1.